The van der Waals surface area contributed by atoms with Crippen molar-refractivity contribution in [3.63, 3.8) is 0 Å². The smallest absolute Gasteiger partial charge is 0.301 e. The summed E-state index contributed by atoms with van der Waals surface area (Å²) < 4.78 is 7.11. The van der Waals surface area contributed by atoms with E-state index < -0.39 is 5.91 Å². The molecule has 0 spiro atoms. The highest BCUT2D eigenvalue weighted by Crippen LogP contribution is 2.24. The van der Waals surface area contributed by atoms with Crippen LogP contribution in [-0.4, -0.2) is 20.7 Å². The third kappa shape index (κ3) is 2.71. The van der Waals surface area contributed by atoms with Gasteiger partial charge in [-0.05, 0) is 13.0 Å². The van der Waals surface area contributed by atoms with Crippen LogP contribution in [0.4, 0.5) is 5.95 Å². The van der Waals surface area contributed by atoms with Gasteiger partial charge in [-0.15, -0.1) is 10.2 Å². The largest absolute Gasteiger partial charge is 0.455 e. The number of aryl methyl sites for hydroxylation is 1. The second-order valence-electron chi connectivity index (χ2n) is 3.89. The summed E-state index contributed by atoms with van der Waals surface area (Å²) in [5.41, 5.74) is 8.35. The Labute approximate surface area is 113 Å². The van der Waals surface area contributed by atoms with Crippen LogP contribution in [0, 0.1) is 6.92 Å². The Hall–Kier alpha value is -2.00. The fraction of sp³-hybridized carbons (Fsp3) is 0.300. The molecule has 8 nitrogen and oxygen atoms in total. The molecule has 0 aliphatic carbocycles. The molecule has 19 heavy (non-hydrogen) atoms. The van der Waals surface area contributed by atoms with E-state index in [1.54, 1.807) is 24.6 Å². The Kier molecular flexibility index (Phi) is 3.76. The lowest BCUT2D eigenvalue weighted by molar-refractivity contribution is 0.0923. The monoisotopic (exact) mass is 282 g/mol. The van der Waals surface area contributed by atoms with Crippen molar-refractivity contribution < 1.29 is 9.21 Å². The molecule has 102 valence electrons. The van der Waals surface area contributed by atoms with Crippen molar-refractivity contribution in [3.05, 3.63) is 23.2 Å². The van der Waals surface area contributed by atoms with Crippen molar-refractivity contribution in [2.75, 3.05) is 5.73 Å². The lowest BCUT2D eigenvalue weighted by atomic mass is 10.2. The Morgan fingerprint density at radius 2 is 2.32 bits per heavy atom. The van der Waals surface area contributed by atoms with Crippen molar-refractivity contribution >= 4 is 23.6 Å². The van der Waals surface area contributed by atoms with Crippen LogP contribution < -0.4 is 17.0 Å². The molecule has 0 aromatic carbocycles. The van der Waals surface area contributed by atoms with Gasteiger partial charge >= 0.3 is 5.91 Å². The van der Waals surface area contributed by atoms with Crippen LogP contribution in [-0.2, 0) is 12.8 Å². The van der Waals surface area contributed by atoms with Gasteiger partial charge in [0.25, 0.3) is 0 Å². The predicted molar refractivity (Wildman–Crippen MR) is 70.1 cm³/mol. The molecule has 5 N–H and O–H groups in total. The summed E-state index contributed by atoms with van der Waals surface area (Å²) in [5.74, 6) is 6.36. The fourth-order valence-electron chi connectivity index (χ4n) is 1.50. The number of nitrogens with zero attached hydrogens (tertiary/aromatic N) is 3. The summed E-state index contributed by atoms with van der Waals surface area (Å²) in [4.78, 5) is 11.4. The number of rotatable bonds is 4. The Morgan fingerprint density at radius 1 is 1.58 bits per heavy atom. The molecule has 2 aromatic heterocycles. The molecule has 2 rings (SSSR count). The first-order valence-electron chi connectivity index (χ1n) is 5.41. The molecule has 2 aromatic rings. The maximum atomic E-state index is 11.4. The minimum atomic E-state index is -0.448. The first kappa shape index (κ1) is 13.4. The quantitative estimate of drug-likeness (QED) is 0.316. The number of carbonyl (C=O) groups excluding carboxylic acids is 1. The van der Waals surface area contributed by atoms with E-state index in [9.17, 15) is 4.79 Å². The fourth-order valence-corrected chi connectivity index (χ4v) is 2.30. The van der Waals surface area contributed by atoms with Gasteiger partial charge in [-0.2, -0.15) is 0 Å². The number of thioether (sulfide) groups is 1. The van der Waals surface area contributed by atoms with Crippen LogP contribution in [0.1, 0.15) is 21.9 Å². The number of amides is 1. The van der Waals surface area contributed by atoms with Crippen LogP contribution in [0.25, 0.3) is 0 Å². The predicted octanol–water partition coefficient (Wildman–Crippen LogP) is 0.195. The second-order valence-corrected chi connectivity index (χ2v) is 4.83. The number of hydrogen-bond acceptors (Lipinski definition) is 7. The van der Waals surface area contributed by atoms with Crippen molar-refractivity contribution in [1.82, 2.24) is 20.2 Å². The number of aromatic nitrogens is 3. The lowest BCUT2D eigenvalue weighted by Gasteiger charge is -1.99. The van der Waals surface area contributed by atoms with Crippen LogP contribution >= 0.6 is 11.8 Å². The van der Waals surface area contributed by atoms with Gasteiger partial charge in [0.2, 0.25) is 5.95 Å². The van der Waals surface area contributed by atoms with E-state index in [4.69, 9.17) is 16.0 Å². The summed E-state index contributed by atoms with van der Waals surface area (Å²) in [6.45, 7) is 1.78. The van der Waals surface area contributed by atoms with Gasteiger partial charge in [-0.3, -0.25) is 14.8 Å². The maximum absolute atomic E-state index is 11.4. The molecule has 1 amide bonds. The van der Waals surface area contributed by atoms with Crippen LogP contribution in [0.2, 0.25) is 0 Å². The van der Waals surface area contributed by atoms with Crippen molar-refractivity contribution in [2.24, 2.45) is 12.9 Å². The van der Waals surface area contributed by atoms with Gasteiger partial charge in [0.05, 0.1) is 5.75 Å². The third-order valence-corrected chi connectivity index (χ3v) is 3.56. The summed E-state index contributed by atoms with van der Waals surface area (Å²) in [6.07, 6.45) is 0. The Balaban J connectivity index is 2.08. The van der Waals surface area contributed by atoms with Gasteiger partial charge in [-0.1, -0.05) is 11.8 Å². The number of anilines is 1. The number of furan rings is 1. The van der Waals surface area contributed by atoms with Gasteiger partial charge in [-0.25, -0.2) is 5.84 Å². The molecule has 0 saturated heterocycles. The molecule has 0 aliphatic heterocycles. The minimum Gasteiger partial charge on any atom is -0.455 e. The molecule has 2 heterocycles. The van der Waals surface area contributed by atoms with Gasteiger partial charge in [0.15, 0.2) is 10.9 Å². The zero-order valence-electron chi connectivity index (χ0n) is 10.5. The molecular formula is C10H14N6O2S. The second kappa shape index (κ2) is 5.33. The molecule has 0 fully saturated rings. The molecule has 0 unspecified atom stereocenters. The molecular weight excluding hydrogens is 268 g/mol. The number of nitrogens with one attached hydrogen (secondary N) is 1. The van der Waals surface area contributed by atoms with Crippen LogP contribution in [0.15, 0.2) is 15.6 Å². The van der Waals surface area contributed by atoms with E-state index in [-0.39, 0.29) is 5.76 Å². The average molecular weight is 282 g/mol. The number of nitrogen functional groups attached to an aromatic ring is 2. The first-order chi connectivity index (χ1) is 9.02. The lowest BCUT2D eigenvalue weighted by Crippen LogP contribution is -2.30. The van der Waals surface area contributed by atoms with Crippen molar-refractivity contribution in [3.8, 4) is 0 Å². The van der Waals surface area contributed by atoms with E-state index in [1.807, 2.05) is 5.43 Å². The van der Waals surface area contributed by atoms with E-state index >= 15 is 0 Å². The van der Waals surface area contributed by atoms with Gasteiger partial charge in [0.1, 0.15) is 5.76 Å². The summed E-state index contributed by atoms with van der Waals surface area (Å²) in [5, 5.41) is 8.35. The molecule has 0 bridgehead atoms. The summed E-state index contributed by atoms with van der Waals surface area (Å²) >= 11 is 1.41. The summed E-state index contributed by atoms with van der Waals surface area (Å²) in [6, 6.07) is 1.79. The van der Waals surface area contributed by atoms with E-state index in [1.165, 1.54) is 11.8 Å². The SMILES string of the molecule is Cc1cc(CSc2nnc(N)n2C)oc1C(=O)NN. The zero-order chi connectivity index (χ0) is 14.0. The number of hydrazine groups is 1. The minimum absolute atomic E-state index is 0.218. The van der Waals surface area contributed by atoms with E-state index in [0.717, 1.165) is 5.56 Å². The molecule has 9 heteroatoms. The number of carbonyl (C=O) groups is 1. The van der Waals surface area contributed by atoms with Gasteiger partial charge in [0, 0.05) is 12.6 Å². The van der Waals surface area contributed by atoms with E-state index in [0.29, 0.717) is 22.6 Å². The Morgan fingerprint density at radius 3 is 2.89 bits per heavy atom. The average Bonchev–Trinajstić information content (AvgIpc) is 2.91. The van der Waals surface area contributed by atoms with Crippen LogP contribution in [0.3, 0.4) is 0 Å². The molecule has 0 saturated carbocycles. The van der Waals surface area contributed by atoms with Crippen molar-refractivity contribution in [1.29, 1.82) is 0 Å². The zero-order valence-corrected chi connectivity index (χ0v) is 11.3. The highest BCUT2D eigenvalue weighted by molar-refractivity contribution is 7.98. The van der Waals surface area contributed by atoms with Crippen LogP contribution in [0.5, 0.6) is 0 Å². The highest BCUT2D eigenvalue weighted by Gasteiger charge is 2.15. The number of hydrogen-bond donors (Lipinski definition) is 3. The summed E-state index contributed by atoms with van der Waals surface area (Å²) in [7, 11) is 1.78. The molecule has 0 aliphatic rings. The maximum Gasteiger partial charge on any atom is 0.301 e. The standard InChI is InChI=1S/C10H14N6O2S/c1-5-3-6(18-7(5)8(17)13-12)4-19-10-15-14-9(11)16(10)2/h3H,4,12H2,1-2H3,(H2,11,14)(H,13,17). The highest BCUT2D eigenvalue weighted by atomic mass is 32.2. The molecule has 0 atom stereocenters. The normalized spacial score (nSPS) is 10.7. The topological polar surface area (TPSA) is 125 Å². The van der Waals surface area contributed by atoms with Crippen molar-refractivity contribution in [2.45, 2.75) is 17.8 Å². The van der Waals surface area contributed by atoms with E-state index in [2.05, 4.69) is 10.2 Å². The third-order valence-electron chi connectivity index (χ3n) is 2.52. The molecule has 0 radical (unpaired) electrons. The first-order valence-corrected chi connectivity index (χ1v) is 6.39. The number of nitrogens with two attached hydrogens (primary N) is 2. The van der Waals surface area contributed by atoms with Gasteiger partial charge < -0.3 is 10.2 Å². The Bertz CT molecular complexity index is 605.